The number of halogens is 2. The zero-order chi connectivity index (χ0) is 18.7. The van der Waals surface area contributed by atoms with Crippen molar-refractivity contribution in [2.75, 3.05) is 6.54 Å². The predicted octanol–water partition coefficient (Wildman–Crippen LogP) is 4.79. The number of allylic oxidation sites excluding steroid dienone is 1. The van der Waals surface area contributed by atoms with E-state index in [-0.39, 0.29) is 17.9 Å². The van der Waals surface area contributed by atoms with Crippen LogP contribution in [0, 0.1) is 11.3 Å². The van der Waals surface area contributed by atoms with Crippen molar-refractivity contribution in [3.8, 4) is 6.07 Å². The molecule has 3 aromatic rings. The first-order chi connectivity index (χ1) is 12.5. The molecule has 26 heavy (non-hydrogen) atoms. The lowest BCUT2D eigenvalue weighted by molar-refractivity contribution is 0.407. The van der Waals surface area contributed by atoms with E-state index in [1.54, 1.807) is 29.8 Å². The third-order valence-electron chi connectivity index (χ3n) is 3.85. The minimum Gasteiger partial charge on any atom is -0.509 e. The van der Waals surface area contributed by atoms with Gasteiger partial charge in [0.2, 0.25) is 0 Å². The number of aliphatic imine (C=N–C) groups is 1. The number of aryl methyl sites for hydroxylation is 1. The van der Waals surface area contributed by atoms with Crippen LogP contribution in [0.25, 0.3) is 16.6 Å². The van der Waals surface area contributed by atoms with E-state index in [4.69, 9.17) is 23.2 Å². The number of aliphatic hydroxyl groups excluding tert-OH is 1. The monoisotopic (exact) mass is 384 g/mol. The summed E-state index contributed by atoms with van der Waals surface area (Å²) in [5.74, 6) is 0.234. The molecule has 0 aliphatic rings. The molecule has 3 rings (SSSR count). The smallest absolute Gasteiger partial charge is 0.155 e. The van der Waals surface area contributed by atoms with E-state index in [9.17, 15) is 10.4 Å². The van der Waals surface area contributed by atoms with Gasteiger partial charge in [-0.1, -0.05) is 41.4 Å². The van der Waals surface area contributed by atoms with Crippen LogP contribution in [0.3, 0.4) is 0 Å². The maximum atomic E-state index is 10.3. The van der Waals surface area contributed by atoms with Crippen molar-refractivity contribution in [1.82, 2.24) is 9.55 Å². The summed E-state index contributed by atoms with van der Waals surface area (Å²) >= 11 is 11.9. The molecule has 5 nitrogen and oxygen atoms in total. The maximum Gasteiger partial charge on any atom is 0.155 e. The van der Waals surface area contributed by atoms with Gasteiger partial charge in [0.05, 0.1) is 22.6 Å². The topological polar surface area (TPSA) is 74.2 Å². The van der Waals surface area contributed by atoms with Crippen LogP contribution in [0.2, 0.25) is 10.0 Å². The van der Waals surface area contributed by atoms with Gasteiger partial charge < -0.3 is 9.67 Å². The van der Waals surface area contributed by atoms with Gasteiger partial charge in [-0.2, -0.15) is 5.26 Å². The molecule has 0 amide bonds. The summed E-state index contributed by atoms with van der Waals surface area (Å²) in [5, 5.41) is 20.8. The van der Waals surface area contributed by atoms with Crippen LogP contribution in [-0.4, -0.2) is 27.4 Å². The van der Waals surface area contributed by atoms with Crippen LogP contribution in [0.5, 0.6) is 0 Å². The Morgan fingerprint density at radius 2 is 2.08 bits per heavy atom. The summed E-state index contributed by atoms with van der Waals surface area (Å²) in [4.78, 5) is 8.59. The molecule has 0 unspecified atom stereocenters. The minimum atomic E-state index is -0.160. The molecule has 130 valence electrons. The van der Waals surface area contributed by atoms with E-state index in [2.05, 4.69) is 9.98 Å². The molecule has 0 radical (unpaired) electrons. The number of para-hydroxylation sites is 2. The second-order valence-corrected chi connectivity index (χ2v) is 6.40. The maximum absolute atomic E-state index is 10.3. The highest BCUT2D eigenvalue weighted by Gasteiger charge is 2.15. The summed E-state index contributed by atoms with van der Waals surface area (Å²) in [7, 11) is 1.80. The first kappa shape index (κ1) is 18.0. The average molecular weight is 385 g/mol. The van der Waals surface area contributed by atoms with Crippen LogP contribution < -0.4 is 0 Å². The van der Waals surface area contributed by atoms with Gasteiger partial charge in [0.15, 0.2) is 5.82 Å². The van der Waals surface area contributed by atoms with Crippen molar-refractivity contribution < 1.29 is 5.11 Å². The van der Waals surface area contributed by atoms with Crippen molar-refractivity contribution in [1.29, 1.82) is 5.26 Å². The molecule has 0 saturated heterocycles. The molecule has 1 N–H and O–H groups in total. The largest absolute Gasteiger partial charge is 0.509 e. The van der Waals surface area contributed by atoms with Gasteiger partial charge in [-0.25, -0.2) is 4.98 Å². The minimum absolute atomic E-state index is 0.0644. The van der Waals surface area contributed by atoms with Gasteiger partial charge in [-0.15, -0.1) is 0 Å². The fourth-order valence-electron chi connectivity index (χ4n) is 2.53. The molecular weight excluding hydrogens is 371 g/mol. The van der Waals surface area contributed by atoms with E-state index >= 15 is 0 Å². The summed E-state index contributed by atoms with van der Waals surface area (Å²) in [5.41, 5.74) is 2.38. The zero-order valence-corrected chi connectivity index (χ0v) is 15.3. The number of nitrogens with zero attached hydrogens (tertiary/aromatic N) is 4. The number of benzene rings is 2. The van der Waals surface area contributed by atoms with E-state index in [1.165, 1.54) is 6.21 Å². The molecule has 0 saturated carbocycles. The Balaban J connectivity index is 1.90. The Hall–Kier alpha value is -2.81. The fraction of sp³-hybridized carbons (Fsp3) is 0.105. The third kappa shape index (κ3) is 3.57. The molecule has 1 heterocycles. The highest BCUT2D eigenvalue weighted by molar-refractivity contribution is 6.36. The number of fused-ring (bicyclic) bond motifs is 1. The number of imidazole rings is 1. The molecule has 0 fully saturated rings. The molecule has 0 aliphatic carbocycles. The second kappa shape index (κ2) is 7.61. The summed E-state index contributed by atoms with van der Waals surface area (Å²) in [6.07, 6.45) is 1.53. The third-order valence-corrected chi connectivity index (χ3v) is 4.41. The van der Waals surface area contributed by atoms with Gasteiger partial charge >= 0.3 is 0 Å². The molecule has 0 atom stereocenters. The molecular formula is C19H14Cl2N4O. The molecule has 7 heteroatoms. The van der Waals surface area contributed by atoms with Crippen molar-refractivity contribution in [2.24, 2.45) is 12.0 Å². The number of rotatable bonds is 4. The Morgan fingerprint density at radius 1 is 1.31 bits per heavy atom. The molecule has 0 aliphatic heterocycles. The fourth-order valence-corrected chi connectivity index (χ4v) is 2.99. The van der Waals surface area contributed by atoms with E-state index in [1.807, 2.05) is 30.3 Å². The van der Waals surface area contributed by atoms with Crippen LogP contribution in [0.15, 0.2) is 53.2 Å². The van der Waals surface area contributed by atoms with Crippen molar-refractivity contribution in [2.45, 2.75) is 0 Å². The van der Waals surface area contributed by atoms with Gasteiger partial charge in [0, 0.05) is 23.8 Å². The van der Waals surface area contributed by atoms with Crippen molar-refractivity contribution in [3.05, 3.63) is 69.7 Å². The molecule has 1 aromatic heterocycles. The second-order valence-electron chi connectivity index (χ2n) is 5.55. The average Bonchev–Trinajstić information content (AvgIpc) is 2.95. The first-order valence-electron chi connectivity index (χ1n) is 7.70. The van der Waals surface area contributed by atoms with Gasteiger partial charge in [0.1, 0.15) is 17.4 Å². The zero-order valence-electron chi connectivity index (χ0n) is 13.8. The Kier molecular flexibility index (Phi) is 5.27. The van der Waals surface area contributed by atoms with Crippen molar-refractivity contribution in [3.63, 3.8) is 0 Å². The Morgan fingerprint density at radius 3 is 2.77 bits per heavy atom. The lowest BCUT2D eigenvalue weighted by atomic mass is 10.2. The van der Waals surface area contributed by atoms with Gasteiger partial charge in [0.25, 0.3) is 0 Å². The SMILES string of the molecule is Cn1c(C(C#N)=C(O)CN=Cc2ccc(Cl)cc2Cl)nc2ccccc21. The summed E-state index contributed by atoms with van der Waals surface area (Å²) < 4.78 is 1.77. The molecule has 0 bridgehead atoms. The standard InChI is InChI=1S/C19H14Cl2N4O/c1-25-17-5-3-2-4-16(17)24-19(25)14(9-22)18(26)11-23-10-12-6-7-13(20)8-15(12)21/h2-8,10,26H,11H2,1H3. The van der Waals surface area contributed by atoms with Crippen LogP contribution in [-0.2, 0) is 7.05 Å². The number of aromatic nitrogens is 2. The van der Waals surface area contributed by atoms with Gasteiger partial charge in [-0.3, -0.25) is 4.99 Å². The predicted molar refractivity (Wildman–Crippen MR) is 105 cm³/mol. The highest BCUT2D eigenvalue weighted by Crippen LogP contribution is 2.22. The molecule has 0 spiro atoms. The quantitative estimate of drug-likeness (QED) is 0.399. The molecule has 2 aromatic carbocycles. The number of hydrogen-bond acceptors (Lipinski definition) is 4. The Bertz CT molecular complexity index is 1080. The first-order valence-corrected chi connectivity index (χ1v) is 8.45. The summed E-state index contributed by atoms with van der Waals surface area (Å²) in [6.45, 7) is -0.0644. The van der Waals surface area contributed by atoms with E-state index < -0.39 is 0 Å². The van der Waals surface area contributed by atoms with Crippen LogP contribution in [0.4, 0.5) is 0 Å². The number of nitriles is 1. The normalized spacial score (nSPS) is 12.4. The van der Waals surface area contributed by atoms with Crippen LogP contribution >= 0.6 is 23.2 Å². The lowest BCUT2D eigenvalue weighted by Gasteiger charge is -2.03. The number of aliphatic hydroxyl groups is 1. The summed E-state index contributed by atoms with van der Waals surface area (Å²) in [6, 6.07) is 14.6. The van der Waals surface area contributed by atoms with Crippen molar-refractivity contribution >= 4 is 46.0 Å². The number of hydrogen-bond donors (Lipinski definition) is 1. The van der Waals surface area contributed by atoms with E-state index in [0.717, 1.165) is 11.0 Å². The van der Waals surface area contributed by atoms with E-state index in [0.29, 0.717) is 21.4 Å². The lowest BCUT2D eigenvalue weighted by Crippen LogP contribution is -2.01. The Labute approximate surface area is 160 Å². The highest BCUT2D eigenvalue weighted by atomic mass is 35.5. The van der Waals surface area contributed by atoms with Gasteiger partial charge in [-0.05, 0) is 24.3 Å². The van der Waals surface area contributed by atoms with Crippen LogP contribution in [0.1, 0.15) is 11.4 Å².